The van der Waals surface area contributed by atoms with E-state index in [4.69, 9.17) is 5.26 Å². The highest BCUT2D eigenvalue weighted by Gasteiger charge is 2.07. The zero-order valence-electron chi connectivity index (χ0n) is 11.5. The van der Waals surface area contributed by atoms with Crippen LogP contribution in [0.3, 0.4) is 0 Å². The van der Waals surface area contributed by atoms with Gasteiger partial charge in [0.05, 0.1) is 12.0 Å². The Balaban J connectivity index is 2.03. The van der Waals surface area contributed by atoms with Gasteiger partial charge in [-0.1, -0.05) is 23.8 Å². The largest absolute Gasteiger partial charge is 0.310 e. The van der Waals surface area contributed by atoms with Crippen molar-refractivity contribution < 1.29 is 4.79 Å². The maximum atomic E-state index is 12.0. The van der Waals surface area contributed by atoms with Crippen LogP contribution in [0.5, 0.6) is 0 Å². The quantitative estimate of drug-likeness (QED) is 0.928. The number of carbonyl (C=O) groups excluding carboxylic acids is 1. The molecule has 0 aliphatic heterocycles. The standard InChI is InChI=1S/C16H15N3O/c1-11-3-5-14(12(2)7-11)8-16(20)19-15-6-4-13(9-17)10-18-15/h3-7,10H,8H2,1-2H3,(H,18,19,20). The number of pyridine rings is 1. The van der Waals surface area contributed by atoms with Crippen LogP contribution in [0, 0.1) is 25.2 Å². The summed E-state index contributed by atoms with van der Waals surface area (Å²) in [6.45, 7) is 4.02. The van der Waals surface area contributed by atoms with Crippen molar-refractivity contribution in [3.8, 4) is 6.07 Å². The second-order valence-electron chi connectivity index (χ2n) is 4.70. The third-order valence-electron chi connectivity index (χ3n) is 3.01. The number of nitrogens with zero attached hydrogens (tertiary/aromatic N) is 2. The first-order valence-corrected chi connectivity index (χ1v) is 6.30. The van der Waals surface area contributed by atoms with Gasteiger partial charge < -0.3 is 5.32 Å². The van der Waals surface area contributed by atoms with E-state index in [2.05, 4.69) is 16.4 Å². The van der Waals surface area contributed by atoms with E-state index in [1.54, 1.807) is 12.1 Å². The van der Waals surface area contributed by atoms with Crippen LogP contribution < -0.4 is 5.32 Å². The van der Waals surface area contributed by atoms with Gasteiger partial charge in [-0.2, -0.15) is 5.26 Å². The predicted molar refractivity (Wildman–Crippen MR) is 77.2 cm³/mol. The van der Waals surface area contributed by atoms with Crippen molar-refractivity contribution in [3.05, 3.63) is 58.8 Å². The summed E-state index contributed by atoms with van der Waals surface area (Å²) in [7, 11) is 0. The average Bonchev–Trinajstić information content (AvgIpc) is 2.43. The first kappa shape index (κ1) is 13.8. The topological polar surface area (TPSA) is 65.8 Å². The number of carbonyl (C=O) groups is 1. The third kappa shape index (κ3) is 3.42. The Morgan fingerprint density at radius 2 is 2.10 bits per heavy atom. The van der Waals surface area contributed by atoms with Crippen molar-refractivity contribution in [1.82, 2.24) is 4.98 Å². The van der Waals surface area contributed by atoms with Gasteiger partial charge in [0.25, 0.3) is 0 Å². The van der Waals surface area contributed by atoms with Gasteiger partial charge in [-0.05, 0) is 37.1 Å². The van der Waals surface area contributed by atoms with Crippen molar-refractivity contribution in [1.29, 1.82) is 5.26 Å². The fraction of sp³-hybridized carbons (Fsp3) is 0.188. The maximum Gasteiger partial charge on any atom is 0.229 e. The Labute approximate surface area is 118 Å². The monoisotopic (exact) mass is 265 g/mol. The molecule has 0 fully saturated rings. The number of amides is 1. The number of rotatable bonds is 3. The van der Waals surface area contributed by atoms with E-state index in [-0.39, 0.29) is 5.91 Å². The van der Waals surface area contributed by atoms with E-state index in [1.165, 1.54) is 11.8 Å². The molecule has 2 rings (SSSR count). The Morgan fingerprint density at radius 3 is 2.70 bits per heavy atom. The second-order valence-corrected chi connectivity index (χ2v) is 4.70. The Morgan fingerprint density at radius 1 is 1.30 bits per heavy atom. The summed E-state index contributed by atoms with van der Waals surface area (Å²) in [5.41, 5.74) is 3.76. The van der Waals surface area contributed by atoms with E-state index >= 15 is 0 Å². The summed E-state index contributed by atoms with van der Waals surface area (Å²) < 4.78 is 0. The maximum absolute atomic E-state index is 12.0. The molecule has 0 saturated heterocycles. The molecule has 4 nitrogen and oxygen atoms in total. The molecule has 1 aromatic heterocycles. The zero-order valence-corrected chi connectivity index (χ0v) is 11.5. The highest BCUT2D eigenvalue weighted by molar-refractivity contribution is 5.91. The molecule has 0 unspecified atom stereocenters. The summed E-state index contributed by atoms with van der Waals surface area (Å²) in [6, 6.07) is 11.3. The lowest BCUT2D eigenvalue weighted by Crippen LogP contribution is -2.15. The SMILES string of the molecule is Cc1ccc(CC(=O)Nc2ccc(C#N)cn2)c(C)c1. The molecule has 0 bridgehead atoms. The summed E-state index contributed by atoms with van der Waals surface area (Å²) in [5.74, 6) is 0.341. The summed E-state index contributed by atoms with van der Waals surface area (Å²) >= 11 is 0. The van der Waals surface area contributed by atoms with Crippen molar-refractivity contribution in [2.24, 2.45) is 0 Å². The summed E-state index contributed by atoms with van der Waals surface area (Å²) in [5, 5.41) is 11.4. The Kier molecular flexibility index (Phi) is 4.11. The van der Waals surface area contributed by atoms with Crippen molar-refractivity contribution >= 4 is 11.7 Å². The lowest BCUT2D eigenvalue weighted by Gasteiger charge is -2.07. The van der Waals surface area contributed by atoms with Gasteiger partial charge in [-0.25, -0.2) is 4.98 Å². The van der Waals surface area contributed by atoms with Crippen LogP contribution in [0.2, 0.25) is 0 Å². The number of benzene rings is 1. The van der Waals surface area contributed by atoms with Crippen molar-refractivity contribution in [2.75, 3.05) is 5.32 Å². The van der Waals surface area contributed by atoms with Gasteiger partial charge in [-0.15, -0.1) is 0 Å². The molecule has 1 heterocycles. The van der Waals surface area contributed by atoms with Crippen LogP contribution in [-0.4, -0.2) is 10.9 Å². The number of hydrogen-bond donors (Lipinski definition) is 1. The van der Waals surface area contributed by atoms with Crippen LogP contribution >= 0.6 is 0 Å². The fourth-order valence-corrected chi connectivity index (χ4v) is 1.94. The van der Waals surface area contributed by atoms with Gasteiger partial charge in [0, 0.05) is 6.20 Å². The van der Waals surface area contributed by atoms with Gasteiger partial charge >= 0.3 is 0 Å². The Hall–Kier alpha value is -2.67. The predicted octanol–water partition coefficient (Wildman–Crippen LogP) is 2.75. The van der Waals surface area contributed by atoms with E-state index in [0.29, 0.717) is 17.8 Å². The van der Waals surface area contributed by atoms with Crippen LogP contribution in [0.25, 0.3) is 0 Å². The summed E-state index contributed by atoms with van der Waals surface area (Å²) in [6.07, 6.45) is 1.75. The minimum absolute atomic E-state index is 0.117. The number of nitrogens with one attached hydrogen (secondary N) is 1. The first-order valence-electron chi connectivity index (χ1n) is 6.30. The number of nitriles is 1. The number of hydrogen-bond acceptors (Lipinski definition) is 3. The molecule has 0 spiro atoms. The number of aromatic nitrogens is 1. The third-order valence-corrected chi connectivity index (χ3v) is 3.01. The molecule has 1 aromatic carbocycles. The van der Waals surface area contributed by atoms with Crippen LogP contribution in [0.4, 0.5) is 5.82 Å². The molecule has 4 heteroatoms. The molecular weight excluding hydrogens is 250 g/mol. The molecule has 0 aliphatic rings. The van der Waals surface area contributed by atoms with Crippen molar-refractivity contribution in [2.45, 2.75) is 20.3 Å². The lowest BCUT2D eigenvalue weighted by molar-refractivity contribution is -0.115. The average molecular weight is 265 g/mol. The second kappa shape index (κ2) is 5.98. The van der Waals surface area contributed by atoms with Crippen molar-refractivity contribution in [3.63, 3.8) is 0 Å². The van der Waals surface area contributed by atoms with E-state index in [9.17, 15) is 4.79 Å². The summed E-state index contributed by atoms with van der Waals surface area (Å²) in [4.78, 5) is 16.0. The van der Waals surface area contributed by atoms with E-state index < -0.39 is 0 Å². The molecule has 2 aromatic rings. The van der Waals surface area contributed by atoms with Crippen LogP contribution in [0.15, 0.2) is 36.5 Å². The minimum Gasteiger partial charge on any atom is -0.310 e. The molecule has 0 radical (unpaired) electrons. The minimum atomic E-state index is -0.117. The number of aryl methyl sites for hydroxylation is 2. The fourth-order valence-electron chi connectivity index (χ4n) is 1.94. The molecule has 0 atom stereocenters. The van der Waals surface area contributed by atoms with E-state index in [0.717, 1.165) is 11.1 Å². The molecule has 20 heavy (non-hydrogen) atoms. The smallest absolute Gasteiger partial charge is 0.229 e. The van der Waals surface area contributed by atoms with Gasteiger partial charge in [-0.3, -0.25) is 4.79 Å². The highest BCUT2D eigenvalue weighted by atomic mass is 16.1. The van der Waals surface area contributed by atoms with Gasteiger partial charge in [0.1, 0.15) is 11.9 Å². The normalized spacial score (nSPS) is 9.85. The van der Waals surface area contributed by atoms with Crippen LogP contribution in [-0.2, 0) is 11.2 Å². The lowest BCUT2D eigenvalue weighted by atomic mass is 10.0. The van der Waals surface area contributed by atoms with Gasteiger partial charge in [0.2, 0.25) is 5.91 Å². The first-order chi connectivity index (χ1) is 9.58. The molecule has 1 N–H and O–H groups in total. The molecule has 1 amide bonds. The van der Waals surface area contributed by atoms with E-state index in [1.807, 2.05) is 32.0 Å². The number of anilines is 1. The zero-order chi connectivity index (χ0) is 14.5. The van der Waals surface area contributed by atoms with Gasteiger partial charge in [0.15, 0.2) is 0 Å². The highest BCUT2D eigenvalue weighted by Crippen LogP contribution is 2.12. The molecule has 0 aliphatic carbocycles. The molecule has 100 valence electrons. The molecule has 0 saturated carbocycles. The van der Waals surface area contributed by atoms with Crippen LogP contribution in [0.1, 0.15) is 22.3 Å². The Bertz CT molecular complexity index is 669. The molecular formula is C16H15N3O.